The van der Waals surface area contributed by atoms with Crippen LogP contribution in [0.1, 0.15) is 40.2 Å². The van der Waals surface area contributed by atoms with Crippen LogP contribution in [0.2, 0.25) is 0 Å². The fourth-order valence-corrected chi connectivity index (χ4v) is 2.33. The Bertz CT molecular complexity index is 837. The molecule has 0 aliphatic heterocycles. The molecule has 0 aliphatic rings. The maximum Gasteiger partial charge on any atom is 0.408 e. The standard InChI is InChI=1S/C22H32N4O7/c1-14(19(29)24-12-18(28)32-13-16-9-7-6-8-10-16)25-17(27)11-23-20(30)15(2)26-21(31)33-22(3,4)5/h6-10,14-15H,11-13H2,1-5H3,(H,23,30)(H,24,29)(H,25,27)(H,26,31)/t14-,15-/m0/s1. The third-order valence-corrected chi connectivity index (χ3v) is 3.97. The van der Waals surface area contributed by atoms with E-state index < -0.39 is 54.0 Å². The second kappa shape index (κ2) is 13.0. The van der Waals surface area contributed by atoms with E-state index in [0.717, 1.165) is 5.56 Å². The summed E-state index contributed by atoms with van der Waals surface area (Å²) >= 11 is 0. The lowest BCUT2D eigenvalue weighted by molar-refractivity contribution is -0.145. The van der Waals surface area contributed by atoms with E-state index >= 15 is 0 Å². The van der Waals surface area contributed by atoms with Crippen LogP contribution >= 0.6 is 0 Å². The maximum absolute atomic E-state index is 12.1. The zero-order chi connectivity index (χ0) is 25.0. The highest BCUT2D eigenvalue weighted by Gasteiger charge is 2.22. The van der Waals surface area contributed by atoms with Gasteiger partial charge in [-0.25, -0.2) is 4.79 Å². The monoisotopic (exact) mass is 464 g/mol. The van der Waals surface area contributed by atoms with Gasteiger partial charge >= 0.3 is 12.1 Å². The van der Waals surface area contributed by atoms with Crippen molar-refractivity contribution in [1.82, 2.24) is 21.3 Å². The Morgan fingerprint density at radius 3 is 1.97 bits per heavy atom. The molecule has 0 spiro atoms. The summed E-state index contributed by atoms with van der Waals surface area (Å²) < 4.78 is 10.1. The van der Waals surface area contributed by atoms with E-state index in [0.29, 0.717) is 0 Å². The molecule has 0 saturated heterocycles. The van der Waals surface area contributed by atoms with Crippen molar-refractivity contribution < 1.29 is 33.4 Å². The molecule has 0 aromatic heterocycles. The molecule has 11 nitrogen and oxygen atoms in total. The van der Waals surface area contributed by atoms with Gasteiger partial charge in [-0.05, 0) is 40.2 Å². The molecule has 0 fully saturated rings. The second-order valence-corrected chi connectivity index (χ2v) is 8.24. The summed E-state index contributed by atoms with van der Waals surface area (Å²) in [6, 6.07) is 7.19. The van der Waals surface area contributed by atoms with Gasteiger partial charge in [0.25, 0.3) is 0 Å². The zero-order valence-corrected chi connectivity index (χ0v) is 19.5. The predicted octanol–water partition coefficient (Wildman–Crippen LogP) is 0.380. The number of esters is 1. The molecule has 11 heteroatoms. The quantitative estimate of drug-likeness (QED) is 0.365. The molecule has 2 atom stereocenters. The summed E-state index contributed by atoms with van der Waals surface area (Å²) in [5, 5.41) is 9.47. The van der Waals surface area contributed by atoms with E-state index in [4.69, 9.17) is 9.47 Å². The third kappa shape index (κ3) is 12.1. The molecular weight excluding hydrogens is 432 g/mol. The van der Waals surface area contributed by atoms with Gasteiger partial charge in [-0.3, -0.25) is 19.2 Å². The van der Waals surface area contributed by atoms with Crippen molar-refractivity contribution in [1.29, 1.82) is 0 Å². The largest absolute Gasteiger partial charge is 0.460 e. The van der Waals surface area contributed by atoms with E-state index in [1.54, 1.807) is 32.9 Å². The number of ether oxygens (including phenoxy) is 2. The minimum Gasteiger partial charge on any atom is -0.460 e. The van der Waals surface area contributed by atoms with Crippen molar-refractivity contribution in [2.45, 2.75) is 58.9 Å². The first-order valence-electron chi connectivity index (χ1n) is 10.4. The Morgan fingerprint density at radius 1 is 0.848 bits per heavy atom. The number of carbonyl (C=O) groups excluding carboxylic acids is 5. The van der Waals surface area contributed by atoms with Gasteiger partial charge in [-0.2, -0.15) is 0 Å². The molecule has 0 saturated carbocycles. The Balaban J connectivity index is 2.29. The average Bonchev–Trinajstić information content (AvgIpc) is 2.73. The minimum absolute atomic E-state index is 0.0861. The molecule has 0 heterocycles. The Hall–Kier alpha value is -3.63. The highest BCUT2D eigenvalue weighted by molar-refractivity contribution is 5.92. The van der Waals surface area contributed by atoms with Crippen LogP contribution in [0.4, 0.5) is 4.79 Å². The van der Waals surface area contributed by atoms with E-state index in [1.165, 1.54) is 13.8 Å². The Kier molecular flexibility index (Phi) is 10.8. The lowest BCUT2D eigenvalue weighted by Gasteiger charge is -2.21. The summed E-state index contributed by atoms with van der Waals surface area (Å²) in [5.41, 5.74) is 0.102. The summed E-state index contributed by atoms with van der Waals surface area (Å²) in [7, 11) is 0. The fraction of sp³-hybridized carbons (Fsp3) is 0.500. The summed E-state index contributed by atoms with van der Waals surface area (Å²) in [5.74, 6) is -2.44. The van der Waals surface area contributed by atoms with Gasteiger partial charge in [0.2, 0.25) is 17.7 Å². The van der Waals surface area contributed by atoms with Crippen molar-refractivity contribution in [2.75, 3.05) is 13.1 Å². The number of amides is 4. The smallest absolute Gasteiger partial charge is 0.408 e. The average molecular weight is 465 g/mol. The van der Waals surface area contributed by atoms with Gasteiger partial charge in [0.05, 0.1) is 6.54 Å². The summed E-state index contributed by atoms with van der Waals surface area (Å²) in [6.07, 6.45) is -0.762. The number of hydrogen-bond acceptors (Lipinski definition) is 7. The third-order valence-electron chi connectivity index (χ3n) is 3.97. The number of carbonyl (C=O) groups is 5. The molecular formula is C22H32N4O7. The maximum atomic E-state index is 12.1. The van der Waals surface area contributed by atoms with E-state index in [2.05, 4.69) is 21.3 Å². The van der Waals surface area contributed by atoms with Crippen LogP contribution in [-0.2, 0) is 35.3 Å². The molecule has 1 aromatic rings. The van der Waals surface area contributed by atoms with Crippen molar-refractivity contribution in [3.63, 3.8) is 0 Å². The molecule has 1 rings (SSSR count). The van der Waals surface area contributed by atoms with Crippen LogP contribution in [0.3, 0.4) is 0 Å². The number of rotatable bonds is 10. The molecule has 182 valence electrons. The van der Waals surface area contributed by atoms with Crippen molar-refractivity contribution >= 4 is 29.8 Å². The van der Waals surface area contributed by atoms with Crippen LogP contribution in [0.25, 0.3) is 0 Å². The van der Waals surface area contributed by atoms with Crippen LogP contribution in [0.5, 0.6) is 0 Å². The molecule has 1 aromatic carbocycles. The molecule has 4 N–H and O–H groups in total. The van der Waals surface area contributed by atoms with Crippen LogP contribution in [-0.4, -0.2) is 60.6 Å². The Labute approximate surface area is 193 Å². The van der Waals surface area contributed by atoms with Gasteiger partial charge in [0.15, 0.2) is 0 Å². The first-order valence-corrected chi connectivity index (χ1v) is 10.4. The normalized spacial score (nSPS) is 12.5. The molecule has 0 aliphatic carbocycles. The van der Waals surface area contributed by atoms with E-state index in [9.17, 15) is 24.0 Å². The molecule has 0 unspecified atom stereocenters. The van der Waals surface area contributed by atoms with Gasteiger partial charge in [-0.15, -0.1) is 0 Å². The summed E-state index contributed by atoms with van der Waals surface area (Å²) in [6.45, 7) is 7.25. The summed E-state index contributed by atoms with van der Waals surface area (Å²) in [4.78, 5) is 59.5. The number of alkyl carbamates (subject to hydrolysis) is 1. The van der Waals surface area contributed by atoms with Gasteiger partial charge in [0, 0.05) is 0 Å². The zero-order valence-electron chi connectivity index (χ0n) is 19.5. The van der Waals surface area contributed by atoms with Crippen molar-refractivity contribution in [3.8, 4) is 0 Å². The van der Waals surface area contributed by atoms with Crippen molar-refractivity contribution in [3.05, 3.63) is 35.9 Å². The van der Waals surface area contributed by atoms with Crippen molar-refractivity contribution in [2.24, 2.45) is 0 Å². The topological polar surface area (TPSA) is 152 Å². The van der Waals surface area contributed by atoms with Crippen LogP contribution in [0, 0.1) is 0 Å². The van der Waals surface area contributed by atoms with Crippen LogP contribution in [0.15, 0.2) is 30.3 Å². The van der Waals surface area contributed by atoms with Crippen LogP contribution < -0.4 is 21.3 Å². The highest BCUT2D eigenvalue weighted by Crippen LogP contribution is 2.06. The number of benzene rings is 1. The van der Waals surface area contributed by atoms with Gasteiger partial charge < -0.3 is 30.7 Å². The fourth-order valence-electron chi connectivity index (χ4n) is 2.33. The second-order valence-electron chi connectivity index (χ2n) is 8.24. The number of nitrogens with one attached hydrogen (secondary N) is 4. The SMILES string of the molecule is C[C@H](NC(=O)CNC(=O)[C@H](C)NC(=O)OC(C)(C)C)C(=O)NCC(=O)OCc1ccccc1. The Morgan fingerprint density at radius 2 is 1.39 bits per heavy atom. The van der Waals surface area contributed by atoms with Gasteiger partial charge in [0.1, 0.15) is 30.8 Å². The molecule has 0 bridgehead atoms. The molecule has 0 radical (unpaired) electrons. The predicted molar refractivity (Wildman–Crippen MR) is 119 cm³/mol. The first kappa shape index (κ1) is 27.4. The number of hydrogen-bond donors (Lipinski definition) is 4. The minimum atomic E-state index is -0.950. The van der Waals surface area contributed by atoms with E-state index in [1.807, 2.05) is 18.2 Å². The first-order chi connectivity index (χ1) is 15.4. The van der Waals surface area contributed by atoms with Gasteiger partial charge in [-0.1, -0.05) is 30.3 Å². The lowest BCUT2D eigenvalue weighted by Crippen LogP contribution is -2.51. The van der Waals surface area contributed by atoms with E-state index in [-0.39, 0.29) is 13.2 Å². The highest BCUT2D eigenvalue weighted by atomic mass is 16.6. The lowest BCUT2D eigenvalue weighted by atomic mass is 10.2. The molecule has 4 amide bonds. The molecule has 33 heavy (non-hydrogen) atoms.